The minimum atomic E-state index is -2.78. The molecular formula is C8H7F2N3O. The summed E-state index contributed by atoms with van der Waals surface area (Å²) in [6.07, 6.45) is -2.78. The van der Waals surface area contributed by atoms with E-state index in [4.69, 9.17) is 16.1 Å². The Labute approximate surface area is 78.6 Å². The van der Waals surface area contributed by atoms with Crippen molar-refractivity contribution in [1.82, 2.24) is 4.98 Å². The Bertz CT molecular complexity index is 387. The number of nitrogens with zero attached hydrogens (tertiary/aromatic N) is 2. The van der Waals surface area contributed by atoms with Crippen LogP contribution >= 0.6 is 0 Å². The molecule has 0 aromatic carbocycles. The molecule has 6 heteroatoms. The summed E-state index contributed by atoms with van der Waals surface area (Å²) in [7, 11) is 0. The molecule has 0 atom stereocenters. The van der Waals surface area contributed by atoms with Gasteiger partial charge >= 0.3 is 0 Å². The first-order valence-corrected chi connectivity index (χ1v) is 3.68. The number of aromatic nitrogens is 1. The fourth-order valence-electron chi connectivity index (χ4n) is 0.958. The Hall–Kier alpha value is -1.74. The number of nitrogens with two attached hydrogens (primary N) is 1. The fourth-order valence-corrected chi connectivity index (χ4v) is 0.958. The highest BCUT2D eigenvalue weighted by molar-refractivity contribution is 5.56. The van der Waals surface area contributed by atoms with Crippen LogP contribution in [-0.2, 0) is 6.61 Å². The minimum absolute atomic E-state index is 0.0561. The molecule has 0 amide bonds. The molecule has 14 heavy (non-hydrogen) atoms. The number of halogens is 2. The number of hydrogen-bond acceptors (Lipinski definition) is 4. The Morgan fingerprint density at radius 3 is 2.71 bits per heavy atom. The largest absolute Gasteiger partial charge is 0.396 e. The van der Waals surface area contributed by atoms with Gasteiger partial charge in [0.1, 0.15) is 11.8 Å². The van der Waals surface area contributed by atoms with Crippen LogP contribution in [0.4, 0.5) is 14.5 Å². The Morgan fingerprint density at radius 2 is 2.29 bits per heavy atom. The summed E-state index contributed by atoms with van der Waals surface area (Å²) in [5.41, 5.74) is 4.58. The summed E-state index contributed by atoms with van der Waals surface area (Å²) < 4.78 is 24.5. The second-order valence-corrected chi connectivity index (χ2v) is 2.54. The van der Waals surface area contributed by atoms with Crippen LogP contribution in [0.2, 0.25) is 0 Å². The molecular weight excluding hydrogens is 192 g/mol. The zero-order chi connectivity index (χ0) is 10.7. The number of alkyl halides is 2. The van der Waals surface area contributed by atoms with Gasteiger partial charge in [0.15, 0.2) is 5.69 Å². The van der Waals surface area contributed by atoms with Gasteiger partial charge in [-0.05, 0) is 6.07 Å². The molecule has 1 aromatic rings. The first-order valence-electron chi connectivity index (χ1n) is 3.68. The number of pyridine rings is 1. The van der Waals surface area contributed by atoms with E-state index >= 15 is 0 Å². The number of hydrogen-bond donors (Lipinski definition) is 2. The summed E-state index contributed by atoms with van der Waals surface area (Å²) in [4.78, 5) is 3.35. The fraction of sp³-hybridized carbons (Fsp3) is 0.250. The average molecular weight is 199 g/mol. The average Bonchev–Trinajstić information content (AvgIpc) is 2.17. The Balaban J connectivity index is 3.34. The third kappa shape index (κ3) is 1.78. The highest BCUT2D eigenvalue weighted by Gasteiger charge is 2.15. The van der Waals surface area contributed by atoms with Crippen molar-refractivity contribution >= 4 is 5.69 Å². The van der Waals surface area contributed by atoms with Crippen LogP contribution in [0.5, 0.6) is 0 Å². The molecule has 0 bridgehead atoms. The topological polar surface area (TPSA) is 82.9 Å². The van der Waals surface area contributed by atoms with Gasteiger partial charge < -0.3 is 10.8 Å². The van der Waals surface area contributed by atoms with E-state index in [1.807, 2.05) is 0 Å². The molecule has 3 N–H and O–H groups in total. The smallest absolute Gasteiger partial charge is 0.280 e. The lowest BCUT2D eigenvalue weighted by atomic mass is 10.1. The molecule has 1 aromatic heterocycles. The molecule has 0 aliphatic rings. The molecule has 0 unspecified atom stereocenters. The van der Waals surface area contributed by atoms with Gasteiger partial charge in [0.05, 0.1) is 12.3 Å². The van der Waals surface area contributed by atoms with Gasteiger partial charge in [-0.3, -0.25) is 0 Å². The lowest BCUT2D eigenvalue weighted by molar-refractivity contribution is 0.145. The van der Waals surface area contributed by atoms with Crippen molar-refractivity contribution in [2.24, 2.45) is 0 Å². The van der Waals surface area contributed by atoms with Gasteiger partial charge in [-0.15, -0.1) is 0 Å². The van der Waals surface area contributed by atoms with Crippen LogP contribution in [0.25, 0.3) is 0 Å². The van der Waals surface area contributed by atoms with Gasteiger partial charge in [-0.1, -0.05) is 0 Å². The van der Waals surface area contributed by atoms with Crippen molar-refractivity contribution in [3.05, 3.63) is 23.0 Å². The SMILES string of the molecule is N#Cc1nc(C(F)F)cc(CO)c1N. The number of nitrogen functional groups attached to an aromatic ring is 1. The lowest BCUT2D eigenvalue weighted by Gasteiger charge is -2.06. The van der Waals surface area contributed by atoms with Crippen molar-refractivity contribution in [1.29, 1.82) is 5.26 Å². The van der Waals surface area contributed by atoms with Gasteiger partial charge in [0, 0.05) is 5.56 Å². The van der Waals surface area contributed by atoms with E-state index in [9.17, 15) is 8.78 Å². The van der Waals surface area contributed by atoms with Crippen LogP contribution in [0, 0.1) is 11.3 Å². The van der Waals surface area contributed by atoms with E-state index in [2.05, 4.69) is 4.98 Å². The molecule has 0 fully saturated rings. The van der Waals surface area contributed by atoms with E-state index in [0.717, 1.165) is 6.07 Å². The van der Waals surface area contributed by atoms with E-state index in [-0.39, 0.29) is 16.9 Å². The van der Waals surface area contributed by atoms with Gasteiger partial charge in [-0.2, -0.15) is 5.26 Å². The maximum Gasteiger partial charge on any atom is 0.280 e. The predicted molar refractivity (Wildman–Crippen MR) is 44.2 cm³/mol. The number of anilines is 1. The third-order valence-electron chi connectivity index (χ3n) is 1.66. The number of nitriles is 1. The maximum absolute atomic E-state index is 12.2. The first kappa shape index (κ1) is 10.3. The van der Waals surface area contributed by atoms with Crippen molar-refractivity contribution in [3.8, 4) is 6.07 Å². The molecule has 0 spiro atoms. The van der Waals surface area contributed by atoms with E-state index in [0.29, 0.717) is 0 Å². The van der Waals surface area contributed by atoms with Crippen molar-refractivity contribution in [2.75, 3.05) is 5.73 Å². The second-order valence-electron chi connectivity index (χ2n) is 2.54. The van der Waals surface area contributed by atoms with E-state index in [1.165, 1.54) is 0 Å². The number of aliphatic hydroxyl groups excluding tert-OH is 1. The van der Waals surface area contributed by atoms with Crippen LogP contribution in [0.3, 0.4) is 0 Å². The second kappa shape index (κ2) is 3.98. The monoisotopic (exact) mass is 199 g/mol. The van der Waals surface area contributed by atoms with Crippen LogP contribution in [-0.4, -0.2) is 10.1 Å². The summed E-state index contributed by atoms with van der Waals surface area (Å²) in [5.74, 6) is 0. The maximum atomic E-state index is 12.2. The zero-order valence-electron chi connectivity index (χ0n) is 7.04. The third-order valence-corrected chi connectivity index (χ3v) is 1.66. The predicted octanol–water partition coefficient (Wildman–Crippen LogP) is 0.965. The molecule has 0 saturated carbocycles. The minimum Gasteiger partial charge on any atom is -0.396 e. The summed E-state index contributed by atoms with van der Waals surface area (Å²) in [5, 5.41) is 17.3. The first-order chi connectivity index (χ1) is 6.60. The molecule has 74 valence electrons. The van der Waals surface area contributed by atoms with Crippen LogP contribution < -0.4 is 5.73 Å². The highest BCUT2D eigenvalue weighted by atomic mass is 19.3. The summed E-state index contributed by atoms with van der Waals surface area (Å²) in [6, 6.07) is 2.57. The molecule has 0 aliphatic heterocycles. The molecule has 0 saturated heterocycles. The summed E-state index contributed by atoms with van der Waals surface area (Å²) in [6.45, 7) is -0.497. The standard InChI is InChI=1S/C8H7F2N3O/c9-8(10)5-1-4(3-14)7(12)6(2-11)13-5/h1,8,14H,3,12H2. The molecule has 1 heterocycles. The van der Waals surface area contributed by atoms with Crippen molar-refractivity contribution in [2.45, 2.75) is 13.0 Å². The highest BCUT2D eigenvalue weighted by Crippen LogP contribution is 2.23. The van der Waals surface area contributed by atoms with Gasteiger partial charge in [0.25, 0.3) is 6.43 Å². The van der Waals surface area contributed by atoms with E-state index < -0.39 is 18.7 Å². The van der Waals surface area contributed by atoms with Crippen molar-refractivity contribution < 1.29 is 13.9 Å². The Kier molecular flexibility index (Phi) is 2.94. The molecule has 4 nitrogen and oxygen atoms in total. The number of rotatable bonds is 2. The van der Waals surface area contributed by atoms with Gasteiger partial charge in [0.2, 0.25) is 0 Å². The Morgan fingerprint density at radius 1 is 1.64 bits per heavy atom. The lowest BCUT2D eigenvalue weighted by Crippen LogP contribution is -2.04. The molecule has 1 rings (SSSR count). The number of aliphatic hydroxyl groups is 1. The normalized spacial score (nSPS) is 10.2. The quantitative estimate of drug-likeness (QED) is 0.743. The van der Waals surface area contributed by atoms with Crippen LogP contribution in [0.15, 0.2) is 6.07 Å². The summed E-state index contributed by atoms with van der Waals surface area (Å²) >= 11 is 0. The zero-order valence-corrected chi connectivity index (χ0v) is 7.04. The molecule has 0 radical (unpaired) electrons. The van der Waals surface area contributed by atoms with Crippen LogP contribution in [0.1, 0.15) is 23.4 Å². The molecule has 0 aliphatic carbocycles. The van der Waals surface area contributed by atoms with Gasteiger partial charge in [-0.25, -0.2) is 13.8 Å². The van der Waals surface area contributed by atoms with E-state index in [1.54, 1.807) is 6.07 Å². The van der Waals surface area contributed by atoms with Crippen molar-refractivity contribution in [3.63, 3.8) is 0 Å².